The standard InChI is InChI=1S/C15H19ClN4/c1-18-6-8-19(9-7-18)15-17-13-10-11(16)2-5-14(13)20(15)12-3-4-12/h2,5,10,12H,3-4,6-9H2,1H3. The number of halogens is 1. The zero-order chi connectivity index (χ0) is 13.7. The normalized spacial score (nSPS) is 20.8. The molecular formula is C15H19ClN4. The van der Waals surface area contributed by atoms with E-state index in [4.69, 9.17) is 16.6 Å². The van der Waals surface area contributed by atoms with Gasteiger partial charge in [-0.05, 0) is 38.1 Å². The van der Waals surface area contributed by atoms with Gasteiger partial charge in [0, 0.05) is 37.2 Å². The Balaban J connectivity index is 1.79. The molecule has 1 aromatic carbocycles. The molecule has 1 saturated heterocycles. The summed E-state index contributed by atoms with van der Waals surface area (Å²) < 4.78 is 2.43. The first-order chi connectivity index (χ1) is 9.72. The molecule has 0 atom stereocenters. The van der Waals surface area contributed by atoms with E-state index in [-0.39, 0.29) is 0 Å². The molecule has 0 spiro atoms. The minimum atomic E-state index is 0.635. The summed E-state index contributed by atoms with van der Waals surface area (Å²) in [6, 6.07) is 6.70. The lowest BCUT2D eigenvalue weighted by Gasteiger charge is -2.33. The van der Waals surface area contributed by atoms with E-state index in [1.54, 1.807) is 0 Å². The van der Waals surface area contributed by atoms with E-state index >= 15 is 0 Å². The zero-order valence-electron chi connectivity index (χ0n) is 11.7. The van der Waals surface area contributed by atoms with Crippen molar-refractivity contribution in [1.82, 2.24) is 14.5 Å². The van der Waals surface area contributed by atoms with E-state index in [0.29, 0.717) is 6.04 Å². The highest BCUT2D eigenvalue weighted by molar-refractivity contribution is 6.31. The maximum atomic E-state index is 6.11. The van der Waals surface area contributed by atoms with Crippen molar-refractivity contribution in [3.8, 4) is 0 Å². The molecule has 2 aromatic rings. The summed E-state index contributed by atoms with van der Waals surface area (Å²) in [6.45, 7) is 4.32. The number of benzene rings is 1. The number of rotatable bonds is 2. The van der Waals surface area contributed by atoms with Gasteiger partial charge in [0.15, 0.2) is 0 Å². The highest BCUT2D eigenvalue weighted by Gasteiger charge is 2.31. The Hall–Kier alpha value is -1.26. The molecule has 4 nitrogen and oxygen atoms in total. The second kappa shape index (κ2) is 4.64. The van der Waals surface area contributed by atoms with Crippen LogP contribution in [0.25, 0.3) is 11.0 Å². The number of anilines is 1. The van der Waals surface area contributed by atoms with Crippen LogP contribution in [0, 0.1) is 0 Å². The van der Waals surface area contributed by atoms with Gasteiger partial charge in [0.25, 0.3) is 0 Å². The van der Waals surface area contributed by atoms with Crippen molar-refractivity contribution in [3.63, 3.8) is 0 Å². The lowest BCUT2D eigenvalue weighted by molar-refractivity contribution is 0.310. The monoisotopic (exact) mass is 290 g/mol. The molecule has 5 heteroatoms. The van der Waals surface area contributed by atoms with Crippen molar-refractivity contribution >= 4 is 28.6 Å². The Kier molecular flexibility index (Phi) is 2.89. The highest BCUT2D eigenvalue weighted by Crippen LogP contribution is 2.41. The van der Waals surface area contributed by atoms with E-state index in [2.05, 4.69) is 27.5 Å². The van der Waals surface area contributed by atoms with Crippen molar-refractivity contribution in [2.75, 3.05) is 38.1 Å². The maximum Gasteiger partial charge on any atom is 0.206 e. The van der Waals surface area contributed by atoms with Crippen molar-refractivity contribution in [1.29, 1.82) is 0 Å². The molecule has 20 heavy (non-hydrogen) atoms. The number of aromatic nitrogens is 2. The Morgan fingerprint density at radius 2 is 1.90 bits per heavy atom. The minimum absolute atomic E-state index is 0.635. The molecular weight excluding hydrogens is 272 g/mol. The van der Waals surface area contributed by atoms with E-state index < -0.39 is 0 Å². The van der Waals surface area contributed by atoms with Crippen LogP contribution in [-0.4, -0.2) is 47.7 Å². The molecule has 2 heterocycles. The molecule has 0 bridgehead atoms. The smallest absolute Gasteiger partial charge is 0.206 e. The first kappa shape index (κ1) is 12.5. The maximum absolute atomic E-state index is 6.11. The number of fused-ring (bicyclic) bond motifs is 1. The van der Waals surface area contributed by atoms with Crippen LogP contribution in [0.15, 0.2) is 18.2 Å². The third-order valence-corrected chi connectivity index (χ3v) is 4.57. The molecule has 1 saturated carbocycles. The van der Waals surface area contributed by atoms with Crippen LogP contribution in [0.5, 0.6) is 0 Å². The Labute approximate surface area is 123 Å². The van der Waals surface area contributed by atoms with E-state index in [9.17, 15) is 0 Å². The predicted octanol–water partition coefficient (Wildman–Crippen LogP) is 2.78. The fourth-order valence-electron chi connectivity index (χ4n) is 2.98. The van der Waals surface area contributed by atoms with E-state index in [1.165, 1.54) is 18.4 Å². The van der Waals surface area contributed by atoms with Crippen molar-refractivity contribution in [2.24, 2.45) is 0 Å². The molecule has 2 fully saturated rings. The topological polar surface area (TPSA) is 24.3 Å². The summed E-state index contributed by atoms with van der Waals surface area (Å²) in [5, 5.41) is 0.767. The van der Waals surface area contributed by atoms with Gasteiger partial charge in [0.1, 0.15) is 0 Å². The molecule has 1 aromatic heterocycles. The lowest BCUT2D eigenvalue weighted by atomic mass is 10.3. The molecule has 0 radical (unpaired) electrons. The predicted molar refractivity (Wildman–Crippen MR) is 82.7 cm³/mol. The largest absolute Gasteiger partial charge is 0.340 e. The van der Waals surface area contributed by atoms with Crippen molar-refractivity contribution in [2.45, 2.75) is 18.9 Å². The molecule has 4 rings (SSSR count). The van der Waals surface area contributed by atoms with E-state index in [1.807, 2.05) is 12.1 Å². The fourth-order valence-corrected chi connectivity index (χ4v) is 3.15. The number of imidazole rings is 1. The number of likely N-dealkylation sites (N-methyl/N-ethyl adjacent to an activating group) is 1. The molecule has 0 unspecified atom stereocenters. The summed E-state index contributed by atoms with van der Waals surface area (Å²) >= 11 is 6.11. The van der Waals surface area contributed by atoms with Gasteiger partial charge >= 0.3 is 0 Å². The van der Waals surface area contributed by atoms with Crippen LogP contribution in [-0.2, 0) is 0 Å². The first-order valence-corrected chi connectivity index (χ1v) is 7.71. The number of hydrogen-bond acceptors (Lipinski definition) is 3. The van der Waals surface area contributed by atoms with Gasteiger partial charge in [0.05, 0.1) is 11.0 Å². The molecule has 0 amide bonds. The zero-order valence-corrected chi connectivity index (χ0v) is 12.5. The third-order valence-electron chi connectivity index (χ3n) is 4.33. The van der Waals surface area contributed by atoms with Crippen LogP contribution in [0.1, 0.15) is 18.9 Å². The molecule has 2 aliphatic rings. The Morgan fingerprint density at radius 1 is 1.15 bits per heavy atom. The van der Waals surface area contributed by atoms with Gasteiger partial charge in [-0.25, -0.2) is 4.98 Å². The van der Waals surface area contributed by atoms with Crippen LogP contribution in [0.2, 0.25) is 5.02 Å². The van der Waals surface area contributed by atoms with Gasteiger partial charge in [-0.2, -0.15) is 0 Å². The summed E-state index contributed by atoms with van der Waals surface area (Å²) in [6.07, 6.45) is 2.55. The molecule has 1 aliphatic carbocycles. The van der Waals surface area contributed by atoms with Gasteiger partial charge in [-0.15, -0.1) is 0 Å². The second-order valence-electron chi connectivity index (χ2n) is 5.94. The fraction of sp³-hybridized carbons (Fsp3) is 0.533. The third kappa shape index (κ3) is 2.07. The second-order valence-corrected chi connectivity index (χ2v) is 6.37. The average Bonchev–Trinajstić information content (AvgIpc) is 3.20. The number of nitrogens with zero attached hydrogens (tertiary/aromatic N) is 4. The summed E-state index contributed by atoms with van der Waals surface area (Å²) in [4.78, 5) is 9.66. The minimum Gasteiger partial charge on any atom is -0.340 e. The Morgan fingerprint density at radius 3 is 2.60 bits per heavy atom. The highest BCUT2D eigenvalue weighted by atomic mass is 35.5. The Bertz CT molecular complexity index is 639. The van der Waals surface area contributed by atoms with Gasteiger partial charge < -0.3 is 14.4 Å². The van der Waals surface area contributed by atoms with Crippen molar-refractivity contribution in [3.05, 3.63) is 23.2 Å². The summed E-state index contributed by atoms with van der Waals surface area (Å²) in [7, 11) is 2.18. The van der Waals surface area contributed by atoms with Crippen LogP contribution in [0.3, 0.4) is 0 Å². The van der Waals surface area contributed by atoms with Gasteiger partial charge in [-0.1, -0.05) is 11.6 Å². The summed E-state index contributed by atoms with van der Waals surface area (Å²) in [5.41, 5.74) is 2.25. The van der Waals surface area contributed by atoms with Gasteiger partial charge in [-0.3, -0.25) is 0 Å². The quantitative estimate of drug-likeness (QED) is 0.850. The SMILES string of the molecule is CN1CCN(c2nc3cc(Cl)ccc3n2C2CC2)CC1. The van der Waals surface area contributed by atoms with Crippen molar-refractivity contribution < 1.29 is 0 Å². The van der Waals surface area contributed by atoms with Crippen LogP contribution in [0.4, 0.5) is 5.95 Å². The molecule has 106 valence electrons. The van der Waals surface area contributed by atoms with E-state index in [0.717, 1.165) is 42.7 Å². The lowest BCUT2D eigenvalue weighted by Crippen LogP contribution is -2.45. The number of hydrogen-bond donors (Lipinski definition) is 0. The average molecular weight is 291 g/mol. The first-order valence-electron chi connectivity index (χ1n) is 7.33. The number of piperazine rings is 1. The van der Waals surface area contributed by atoms with Gasteiger partial charge in [0.2, 0.25) is 5.95 Å². The molecule has 0 N–H and O–H groups in total. The van der Waals surface area contributed by atoms with Crippen LogP contribution >= 0.6 is 11.6 Å². The van der Waals surface area contributed by atoms with Crippen LogP contribution < -0.4 is 4.90 Å². The summed E-state index contributed by atoms with van der Waals surface area (Å²) in [5.74, 6) is 1.14. The molecule has 1 aliphatic heterocycles.